The molecule has 0 aromatic heterocycles. The first-order valence-corrected chi connectivity index (χ1v) is 5.95. The predicted molar refractivity (Wildman–Crippen MR) is 59.4 cm³/mol. The molecule has 1 unspecified atom stereocenters. The second-order valence-corrected chi connectivity index (χ2v) is 4.36. The maximum Gasteiger partial charge on any atom is 0.149 e. The fourth-order valence-electron chi connectivity index (χ4n) is 2.51. The zero-order valence-electron chi connectivity index (χ0n) is 9.75. The van der Waals surface area contributed by atoms with Crippen LogP contribution in [0.1, 0.15) is 52.4 Å². The van der Waals surface area contributed by atoms with Crippen molar-refractivity contribution in [2.24, 2.45) is 0 Å². The Morgan fingerprint density at radius 2 is 2.00 bits per heavy atom. The Kier molecular flexibility index (Phi) is 4.59. The van der Waals surface area contributed by atoms with Crippen LogP contribution in [0, 0.1) is 0 Å². The van der Waals surface area contributed by atoms with Crippen LogP contribution < -0.4 is 0 Å². The predicted octanol–water partition coefficient (Wildman–Crippen LogP) is 2.62. The molecule has 2 heteroatoms. The molecule has 2 nitrogen and oxygen atoms in total. The van der Waals surface area contributed by atoms with Gasteiger partial charge in [0.2, 0.25) is 0 Å². The second-order valence-electron chi connectivity index (χ2n) is 4.36. The van der Waals surface area contributed by atoms with Gasteiger partial charge in [-0.2, -0.15) is 0 Å². The third-order valence-corrected chi connectivity index (χ3v) is 3.53. The maximum atomic E-state index is 11.7. The molecule has 82 valence electrons. The van der Waals surface area contributed by atoms with Crippen molar-refractivity contribution < 1.29 is 4.79 Å². The van der Waals surface area contributed by atoms with Gasteiger partial charge in [0.25, 0.3) is 0 Å². The molecule has 0 spiro atoms. The standard InChI is InChI=1S/C12H23NO/c1-4-10(5-2)13(3)11-8-6-7-9-12(11)14/h10-11H,4-9H2,1-3H3. The molecule has 0 bridgehead atoms. The van der Waals surface area contributed by atoms with E-state index in [4.69, 9.17) is 0 Å². The summed E-state index contributed by atoms with van der Waals surface area (Å²) in [6, 6.07) is 0.802. The molecule has 0 amide bonds. The third kappa shape index (κ3) is 2.57. The smallest absolute Gasteiger partial charge is 0.149 e. The Hall–Kier alpha value is -0.370. The van der Waals surface area contributed by atoms with Crippen molar-refractivity contribution in [1.82, 2.24) is 4.90 Å². The summed E-state index contributed by atoms with van der Waals surface area (Å²) in [6.45, 7) is 4.41. The van der Waals surface area contributed by atoms with Gasteiger partial charge in [0.05, 0.1) is 6.04 Å². The molecule has 0 heterocycles. The van der Waals surface area contributed by atoms with Crippen molar-refractivity contribution in [1.29, 1.82) is 0 Å². The summed E-state index contributed by atoms with van der Waals surface area (Å²) >= 11 is 0. The largest absolute Gasteiger partial charge is 0.298 e. The number of likely N-dealkylation sites (N-methyl/N-ethyl adjacent to an activating group) is 1. The highest BCUT2D eigenvalue weighted by molar-refractivity contribution is 5.84. The molecular weight excluding hydrogens is 174 g/mol. The van der Waals surface area contributed by atoms with Gasteiger partial charge in [-0.15, -0.1) is 0 Å². The van der Waals surface area contributed by atoms with Crippen molar-refractivity contribution in [3.8, 4) is 0 Å². The van der Waals surface area contributed by atoms with Crippen molar-refractivity contribution in [2.45, 2.75) is 64.5 Å². The molecule has 1 rings (SSSR count). The van der Waals surface area contributed by atoms with E-state index in [2.05, 4.69) is 25.8 Å². The molecule has 0 aromatic carbocycles. The molecule has 0 N–H and O–H groups in total. The van der Waals surface area contributed by atoms with Crippen LogP contribution >= 0.6 is 0 Å². The summed E-state index contributed by atoms with van der Waals surface area (Å²) < 4.78 is 0. The first kappa shape index (κ1) is 11.7. The van der Waals surface area contributed by atoms with Gasteiger partial charge in [0.15, 0.2) is 0 Å². The molecule has 0 radical (unpaired) electrons. The van der Waals surface area contributed by atoms with E-state index in [9.17, 15) is 4.79 Å². The minimum atomic E-state index is 0.216. The van der Waals surface area contributed by atoms with Gasteiger partial charge in [-0.1, -0.05) is 20.3 Å². The van der Waals surface area contributed by atoms with Gasteiger partial charge in [-0.25, -0.2) is 0 Å². The Bertz CT molecular complexity index is 187. The summed E-state index contributed by atoms with van der Waals surface area (Å²) in [4.78, 5) is 14.0. The van der Waals surface area contributed by atoms with Gasteiger partial charge in [0.1, 0.15) is 5.78 Å². The third-order valence-electron chi connectivity index (χ3n) is 3.53. The number of carbonyl (C=O) groups is 1. The SMILES string of the molecule is CCC(CC)N(C)C1CCCCC1=O. The number of ketones is 1. The van der Waals surface area contributed by atoms with E-state index in [1.54, 1.807) is 0 Å². The summed E-state index contributed by atoms with van der Waals surface area (Å²) in [5.74, 6) is 0.464. The lowest BCUT2D eigenvalue weighted by atomic mass is 9.91. The Morgan fingerprint density at radius 1 is 1.36 bits per heavy atom. The Morgan fingerprint density at radius 3 is 2.50 bits per heavy atom. The van der Waals surface area contributed by atoms with Crippen LogP contribution in [0.15, 0.2) is 0 Å². The van der Waals surface area contributed by atoms with Gasteiger partial charge in [-0.05, 0) is 32.7 Å². The fourth-order valence-corrected chi connectivity index (χ4v) is 2.51. The summed E-state index contributed by atoms with van der Waals surface area (Å²) in [5.41, 5.74) is 0. The summed E-state index contributed by atoms with van der Waals surface area (Å²) in [6.07, 6.45) is 6.50. The molecule has 1 aliphatic rings. The second kappa shape index (κ2) is 5.50. The van der Waals surface area contributed by atoms with Crippen LogP contribution in [0.5, 0.6) is 0 Å². The van der Waals surface area contributed by atoms with Crippen LogP contribution in [0.3, 0.4) is 0 Å². The first-order valence-electron chi connectivity index (χ1n) is 5.95. The molecule has 0 saturated heterocycles. The number of carbonyl (C=O) groups excluding carboxylic acids is 1. The number of Topliss-reactive ketones (excluding diaryl/α,β-unsaturated/α-hetero) is 1. The van der Waals surface area contributed by atoms with Gasteiger partial charge >= 0.3 is 0 Å². The maximum absolute atomic E-state index is 11.7. The molecule has 0 aliphatic heterocycles. The number of hydrogen-bond acceptors (Lipinski definition) is 2. The van der Waals surface area contributed by atoms with Crippen LogP contribution in [-0.2, 0) is 4.79 Å². The molecule has 1 saturated carbocycles. The van der Waals surface area contributed by atoms with E-state index in [0.29, 0.717) is 11.8 Å². The van der Waals surface area contributed by atoms with Crippen molar-refractivity contribution in [2.75, 3.05) is 7.05 Å². The lowest BCUT2D eigenvalue weighted by Crippen LogP contribution is -2.45. The lowest BCUT2D eigenvalue weighted by molar-refractivity contribution is -0.126. The zero-order chi connectivity index (χ0) is 10.6. The monoisotopic (exact) mass is 197 g/mol. The highest BCUT2D eigenvalue weighted by Crippen LogP contribution is 2.22. The summed E-state index contributed by atoms with van der Waals surface area (Å²) in [5, 5.41) is 0. The van der Waals surface area contributed by atoms with Crippen molar-refractivity contribution >= 4 is 5.78 Å². The average Bonchev–Trinajstić information content (AvgIpc) is 2.20. The topological polar surface area (TPSA) is 20.3 Å². The minimum absolute atomic E-state index is 0.216. The Labute approximate surface area is 87.7 Å². The van der Waals surface area contributed by atoms with Gasteiger partial charge in [0, 0.05) is 12.5 Å². The Balaban J connectivity index is 2.56. The zero-order valence-corrected chi connectivity index (χ0v) is 9.75. The lowest BCUT2D eigenvalue weighted by Gasteiger charge is -2.35. The van der Waals surface area contributed by atoms with Crippen LogP contribution in [0.25, 0.3) is 0 Å². The van der Waals surface area contributed by atoms with Crippen LogP contribution in [0.2, 0.25) is 0 Å². The molecule has 14 heavy (non-hydrogen) atoms. The van der Waals surface area contributed by atoms with E-state index in [1.165, 1.54) is 6.42 Å². The van der Waals surface area contributed by atoms with Crippen LogP contribution in [-0.4, -0.2) is 29.8 Å². The molecule has 1 aliphatic carbocycles. The normalized spacial score (nSPS) is 23.5. The minimum Gasteiger partial charge on any atom is -0.298 e. The van der Waals surface area contributed by atoms with Crippen LogP contribution in [0.4, 0.5) is 0 Å². The molecule has 0 aromatic rings. The van der Waals surface area contributed by atoms with E-state index in [0.717, 1.165) is 32.1 Å². The highest BCUT2D eigenvalue weighted by atomic mass is 16.1. The molecule has 1 atom stereocenters. The van der Waals surface area contributed by atoms with E-state index >= 15 is 0 Å². The van der Waals surface area contributed by atoms with E-state index < -0.39 is 0 Å². The van der Waals surface area contributed by atoms with Gasteiger partial charge in [-0.3, -0.25) is 9.69 Å². The first-order chi connectivity index (χ1) is 6.70. The number of rotatable bonds is 4. The average molecular weight is 197 g/mol. The quantitative estimate of drug-likeness (QED) is 0.690. The number of hydrogen-bond donors (Lipinski definition) is 0. The van der Waals surface area contributed by atoms with Crippen molar-refractivity contribution in [3.05, 3.63) is 0 Å². The summed E-state index contributed by atoms with van der Waals surface area (Å²) in [7, 11) is 2.12. The highest BCUT2D eigenvalue weighted by Gasteiger charge is 2.28. The molecule has 1 fully saturated rings. The van der Waals surface area contributed by atoms with Crippen molar-refractivity contribution in [3.63, 3.8) is 0 Å². The van der Waals surface area contributed by atoms with E-state index in [1.807, 2.05) is 0 Å². The van der Waals surface area contributed by atoms with E-state index in [-0.39, 0.29) is 6.04 Å². The number of nitrogens with zero attached hydrogens (tertiary/aromatic N) is 1. The molecular formula is C12H23NO. The fraction of sp³-hybridized carbons (Fsp3) is 0.917. The van der Waals surface area contributed by atoms with Gasteiger partial charge < -0.3 is 0 Å².